The van der Waals surface area contributed by atoms with Gasteiger partial charge in [-0.1, -0.05) is 35.5 Å². The second-order valence-corrected chi connectivity index (χ2v) is 7.25. The van der Waals surface area contributed by atoms with E-state index in [1.54, 1.807) is 30.8 Å². The molecule has 2 heterocycles. The molecule has 1 atom stereocenters. The minimum absolute atomic E-state index is 0.00294. The van der Waals surface area contributed by atoms with Crippen LogP contribution in [0, 0.1) is 5.41 Å². The van der Waals surface area contributed by atoms with Gasteiger partial charge in [-0.15, -0.1) is 0 Å². The van der Waals surface area contributed by atoms with Crippen LogP contribution in [0.4, 0.5) is 0 Å². The van der Waals surface area contributed by atoms with E-state index in [0.717, 1.165) is 24.1 Å². The lowest BCUT2D eigenvalue weighted by Gasteiger charge is -2.42. The number of carbonyl (C=O) groups is 2. The van der Waals surface area contributed by atoms with Gasteiger partial charge in [0, 0.05) is 52.2 Å². The first-order chi connectivity index (χ1) is 12.4. The molecule has 0 N–H and O–H groups in total. The number of hydrogen-bond donors (Lipinski definition) is 0. The zero-order valence-electron chi connectivity index (χ0n) is 15.6. The molecule has 0 saturated carbocycles. The molecule has 1 fully saturated rings. The lowest BCUT2D eigenvalue weighted by Crippen LogP contribution is -2.53. The maximum absolute atomic E-state index is 13.0. The van der Waals surface area contributed by atoms with E-state index in [9.17, 15) is 9.59 Å². The number of likely N-dealkylation sites (tertiary alicyclic amines) is 1. The summed E-state index contributed by atoms with van der Waals surface area (Å²) in [6.07, 6.45) is 1.97. The highest BCUT2D eigenvalue weighted by molar-refractivity contribution is 5.84. The Bertz CT molecular complexity index is 785. The van der Waals surface area contributed by atoms with Crippen LogP contribution in [0.3, 0.4) is 0 Å². The van der Waals surface area contributed by atoms with Crippen LogP contribution in [0.15, 0.2) is 40.9 Å². The SMILES string of the molecule is CC(=O)N1CCC[C@@](Cc2cc(-c3ccccc3)no2)(C(=O)N(C)C)C1. The van der Waals surface area contributed by atoms with Crippen LogP contribution in [0.2, 0.25) is 0 Å². The fourth-order valence-electron chi connectivity index (χ4n) is 3.74. The third-order valence-corrected chi connectivity index (χ3v) is 5.02. The number of amides is 2. The van der Waals surface area contributed by atoms with Gasteiger partial charge in [0.15, 0.2) is 0 Å². The Labute approximate surface area is 153 Å². The molecule has 0 unspecified atom stereocenters. The van der Waals surface area contributed by atoms with Crippen molar-refractivity contribution in [2.45, 2.75) is 26.2 Å². The molecule has 0 radical (unpaired) electrons. The highest BCUT2D eigenvalue weighted by Gasteiger charge is 2.44. The Morgan fingerprint density at radius 1 is 1.27 bits per heavy atom. The van der Waals surface area contributed by atoms with Crippen LogP contribution in [0.25, 0.3) is 11.3 Å². The number of aromatic nitrogens is 1. The average molecular weight is 355 g/mol. The van der Waals surface area contributed by atoms with E-state index in [4.69, 9.17) is 4.52 Å². The van der Waals surface area contributed by atoms with Crippen LogP contribution in [0.5, 0.6) is 0 Å². The predicted molar refractivity (Wildman–Crippen MR) is 98.3 cm³/mol. The van der Waals surface area contributed by atoms with Gasteiger partial charge in [0.2, 0.25) is 11.8 Å². The highest BCUT2D eigenvalue weighted by atomic mass is 16.5. The van der Waals surface area contributed by atoms with Crippen LogP contribution in [-0.4, -0.2) is 54.0 Å². The lowest BCUT2D eigenvalue weighted by atomic mass is 9.75. The maximum Gasteiger partial charge on any atom is 0.230 e. The largest absolute Gasteiger partial charge is 0.361 e. The van der Waals surface area contributed by atoms with Crippen molar-refractivity contribution >= 4 is 11.8 Å². The van der Waals surface area contributed by atoms with Gasteiger partial charge in [0.25, 0.3) is 0 Å². The quantitative estimate of drug-likeness (QED) is 0.845. The van der Waals surface area contributed by atoms with Crippen LogP contribution in [-0.2, 0) is 16.0 Å². The van der Waals surface area contributed by atoms with Crippen molar-refractivity contribution in [3.05, 3.63) is 42.2 Å². The number of rotatable bonds is 4. The second kappa shape index (κ2) is 7.32. The minimum Gasteiger partial charge on any atom is -0.361 e. The molecule has 0 spiro atoms. The first-order valence-electron chi connectivity index (χ1n) is 8.89. The molecular weight excluding hydrogens is 330 g/mol. The van der Waals surface area contributed by atoms with E-state index in [1.807, 2.05) is 36.4 Å². The molecule has 2 amide bonds. The van der Waals surface area contributed by atoms with Gasteiger partial charge in [-0.2, -0.15) is 0 Å². The van der Waals surface area contributed by atoms with E-state index < -0.39 is 5.41 Å². The molecule has 2 aromatic rings. The van der Waals surface area contributed by atoms with Crippen molar-refractivity contribution in [3.8, 4) is 11.3 Å². The molecular formula is C20H25N3O3. The summed E-state index contributed by atoms with van der Waals surface area (Å²) in [6.45, 7) is 2.67. The van der Waals surface area contributed by atoms with Gasteiger partial charge < -0.3 is 14.3 Å². The summed E-state index contributed by atoms with van der Waals surface area (Å²) in [7, 11) is 3.51. The molecule has 1 aliphatic rings. The molecule has 6 nitrogen and oxygen atoms in total. The van der Waals surface area contributed by atoms with E-state index >= 15 is 0 Å². The summed E-state index contributed by atoms with van der Waals surface area (Å²) in [5, 5.41) is 4.16. The van der Waals surface area contributed by atoms with E-state index in [0.29, 0.717) is 25.3 Å². The van der Waals surface area contributed by atoms with Gasteiger partial charge in [-0.05, 0) is 12.8 Å². The zero-order valence-corrected chi connectivity index (χ0v) is 15.6. The predicted octanol–water partition coefficient (Wildman–Crippen LogP) is 2.60. The number of benzene rings is 1. The summed E-state index contributed by atoms with van der Waals surface area (Å²) in [5.41, 5.74) is 1.07. The van der Waals surface area contributed by atoms with Crippen LogP contribution in [0.1, 0.15) is 25.5 Å². The molecule has 0 bridgehead atoms. The average Bonchev–Trinajstić information content (AvgIpc) is 3.10. The van der Waals surface area contributed by atoms with Crippen molar-refractivity contribution in [1.29, 1.82) is 0 Å². The number of carbonyl (C=O) groups excluding carboxylic acids is 2. The molecule has 3 rings (SSSR count). The van der Waals surface area contributed by atoms with Crippen molar-refractivity contribution in [2.75, 3.05) is 27.2 Å². The normalized spacial score (nSPS) is 20.0. The van der Waals surface area contributed by atoms with E-state index in [-0.39, 0.29) is 11.8 Å². The number of piperidine rings is 1. The van der Waals surface area contributed by atoms with Gasteiger partial charge in [0.05, 0.1) is 5.41 Å². The Kier molecular flexibility index (Phi) is 5.11. The number of hydrogen-bond acceptors (Lipinski definition) is 4. The Morgan fingerprint density at radius 2 is 2.00 bits per heavy atom. The Hall–Kier alpha value is -2.63. The molecule has 1 aliphatic heterocycles. The van der Waals surface area contributed by atoms with Crippen LogP contribution < -0.4 is 0 Å². The smallest absolute Gasteiger partial charge is 0.230 e. The molecule has 1 saturated heterocycles. The first-order valence-corrected chi connectivity index (χ1v) is 8.89. The third kappa shape index (κ3) is 3.64. The van der Waals surface area contributed by atoms with E-state index in [1.165, 1.54) is 0 Å². The van der Waals surface area contributed by atoms with Crippen molar-refractivity contribution in [1.82, 2.24) is 15.0 Å². The Balaban J connectivity index is 1.88. The summed E-state index contributed by atoms with van der Waals surface area (Å²) in [5.74, 6) is 0.703. The standard InChI is InChI=1S/C20H25N3O3/c1-15(24)23-11-7-10-20(14-23,19(25)22(2)3)13-17-12-18(21-26-17)16-8-5-4-6-9-16/h4-6,8-9,12H,7,10-11,13-14H2,1-3H3/t20-/m0/s1. The fraction of sp³-hybridized carbons (Fsp3) is 0.450. The zero-order chi connectivity index (χ0) is 18.7. The lowest BCUT2D eigenvalue weighted by molar-refractivity contribution is -0.146. The second-order valence-electron chi connectivity index (χ2n) is 7.25. The summed E-state index contributed by atoms with van der Waals surface area (Å²) in [6, 6.07) is 11.7. The fourth-order valence-corrected chi connectivity index (χ4v) is 3.74. The van der Waals surface area contributed by atoms with Gasteiger partial charge in [-0.3, -0.25) is 9.59 Å². The molecule has 1 aromatic heterocycles. The van der Waals surface area contributed by atoms with Crippen molar-refractivity contribution in [2.24, 2.45) is 5.41 Å². The van der Waals surface area contributed by atoms with Gasteiger partial charge in [0.1, 0.15) is 11.5 Å². The molecule has 1 aromatic carbocycles. The van der Waals surface area contributed by atoms with Crippen LogP contribution >= 0.6 is 0 Å². The molecule has 138 valence electrons. The minimum atomic E-state index is -0.666. The van der Waals surface area contributed by atoms with Crippen molar-refractivity contribution in [3.63, 3.8) is 0 Å². The highest BCUT2D eigenvalue weighted by Crippen LogP contribution is 2.36. The third-order valence-electron chi connectivity index (χ3n) is 5.02. The first kappa shape index (κ1) is 18.2. The Morgan fingerprint density at radius 3 is 2.65 bits per heavy atom. The maximum atomic E-state index is 13.0. The summed E-state index contributed by atoms with van der Waals surface area (Å²) >= 11 is 0. The summed E-state index contributed by atoms with van der Waals surface area (Å²) < 4.78 is 5.55. The topological polar surface area (TPSA) is 66.7 Å². The summed E-state index contributed by atoms with van der Waals surface area (Å²) in [4.78, 5) is 28.3. The van der Waals surface area contributed by atoms with Gasteiger partial charge in [-0.25, -0.2) is 0 Å². The monoisotopic (exact) mass is 355 g/mol. The molecule has 26 heavy (non-hydrogen) atoms. The van der Waals surface area contributed by atoms with Gasteiger partial charge >= 0.3 is 0 Å². The number of nitrogens with zero attached hydrogens (tertiary/aromatic N) is 3. The van der Waals surface area contributed by atoms with Crippen molar-refractivity contribution < 1.29 is 14.1 Å². The molecule has 6 heteroatoms. The van der Waals surface area contributed by atoms with E-state index in [2.05, 4.69) is 5.16 Å². The molecule has 0 aliphatic carbocycles.